The van der Waals surface area contributed by atoms with E-state index >= 15 is 0 Å². The maximum Gasteiger partial charge on any atom is 0.250 e. The molecule has 2 aromatic heterocycles. The van der Waals surface area contributed by atoms with Crippen LogP contribution in [0.5, 0.6) is 0 Å². The number of sulfonamides is 1. The molecule has 1 fully saturated rings. The molecule has 4 nitrogen and oxygen atoms in total. The highest BCUT2D eigenvalue weighted by Crippen LogP contribution is 2.50. The van der Waals surface area contributed by atoms with E-state index in [1.807, 2.05) is 19.2 Å². The molecule has 0 radical (unpaired) electrons. The predicted octanol–water partition coefficient (Wildman–Crippen LogP) is 3.94. The number of halogens is 1. The van der Waals surface area contributed by atoms with Crippen molar-refractivity contribution >= 4 is 32.3 Å². The van der Waals surface area contributed by atoms with Crippen molar-refractivity contribution in [3.05, 3.63) is 52.8 Å². The first-order chi connectivity index (χ1) is 11.9. The Kier molecular flexibility index (Phi) is 3.97. The van der Waals surface area contributed by atoms with Crippen LogP contribution >= 0.6 is 11.3 Å². The van der Waals surface area contributed by atoms with Crippen molar-refractivity contribution in [1.29, 1.82) is 0 Å². The normalized spacial score (nSPS) is 16.4. The van der Waals surface area contributed by atoms with Gasteiger partial charge in [0.1, 0.15) is 10.0 Å². The number of benzene rings is 1. The minimum absolute atomic E-state index is 0.200. The van der Waals surface area contributed by atoms with E-state index in [0.717, 1.165) is 40.6 Å². The van der Waals surface area contributed by atoms with E-state index in [1.165, 1.54) is 23.5 Å². The van der Waals surface area contributed by atoms with E-state index in [0.29, 0.717) is 10.8 Å². The molecule has 3 aromatic rings. The van der Waals surface area contributed by atoms with Crippen LogP contribution in [0.2, 0.25) is 0 Å². The van der Waals surface area contributed by atoms with E-state index in [2.05, 4.69) is 9.71 Å². The molecular weight excluding hydrogens is 359 g/mol. The molecule has 2 heterocycles. The Bertz CT molecular complexity index is 1030. The lowest BCUT2D eigenvalue weighted by atomic mass is 9.96. The van der Waals surface area contributed by atoms with Crippen LogP contribution in [0.4, 0.5) is 4.39 Å². The molecule has 25 heavy (non-hydrogen) atoms. The van der Waals surface area contributed by atoms with E-state index in [4.69, 9.17) is 0 Å². The van der Waals surface area contributed by atoms with Crippen LogP contribution in [-0.2, 0) is 21.9 Å². The Morgan fingerprint density at radius 3 is 2.76 bits per heavy atom. The monoisotopic (exact) mass is 378 g/mol. The zero-order chi connectivity index (χ0) is 17.7. The molecule has 1 aliphatic carbocycles. The Balaban J connectivity index is 1.57. The molecule has 0 saturated heterocycles. The summed E-state index contributed by atoms with van der Waals surface area (Å²) < 4.78 is 41.6. The smallest absolute Gasteiger partial charge is 0.250 e. The first-order valence-electron chi connectivity index (χ1n) is 8.29. The highest BCUT2D eigenvalue weighted by atomic mass is 32.2. The lowest BCUT2D eigenvalue weighted by Crippen LogP contribution is -2.31. The van der Waals surface area contributed by atoms with Crippen LogP contribution in [0.1, 0.15) is 30.2 Å². The number of aromatic amines is 1. The number of aryl methyl sites for hydroxylation is 1. The van der Waals surface area contributed by atoms with Crippen molar-refractivity contribution in [3.8, 4) is 0 Å². The van der Waals surface area contributed by atoms with Gasteiger partial charge in [-0.25, -0.2) is 17.5 Å². The highest BCUT2D eigenvalue weighted by Gasteiger charge is 2.46. The van der Waals surface area contributed by atoms with Gasteiger partial charge in [-0.05, 0) is 55.2 Å². The summed E-state index contributed by atoms with van der Waals surface area (Å²) in [6.45, 7) is 2.37. The van der Waals surface area contributed by atoms with Crippen LogP contribution in [0.25, 0.3) is 10.9 Å². The standard InChI is InChI=1S/C18H19FN2O2S2/c1-2-13-4-6-17(24-13)25(22,23)21-11-18(7-8-18)15-10-20-16-9-12(19)3-5-14(15)16/h3-6,9-10,20-21H,2,7-8,11H2,1H3. The van der Waals surface area contributed by atoms with Gasteiger partial charge >= 0.3 is 0 Å². The molecule has 2 N–H and O–H groups in total. The number of rotatable bonds is 6. The van der Waals surface area contributed by atoms with Crippen molar-refractivity contribution in [2.75, 3.05) is 6.54 Å². The molecule has 0 spiro atoms. The third-order valence-electron chi connectivity index (χ3n) is 4.92. The van der Waals surface area contributed by atoms with Crippen LogP contribution in [0.3, 0.4) is 0 Å². The Labute approximate surface area is 150 Å². The van der Waals surface area contributed by atoms with E-state index in [-0.39, 0.29) is 11.2 Å². The van der Waals surface area contributed by atoms with Crippen LogP contribution in [0.15, 0.2) is 40.7 Å². The third-order valence-corrected chi connectivity index (χ3v) is 8.04. The SMILES string of the molecule is CCc1ccc(S(=O)(=O)NCC2(c3c[nH]c4cc(F)ccc34)CC2)s1. The molecule has 132 valence electrons. The van der Waals surface area contributed by atoms with Crippen LogP contribution in [-0.4, -0.2) is 19.9 Å². The molecule has 0 unspecified atom stereocenters. The number of H-pyrrole nitrogens is 1. The van der Waals surface area contributed by atoms with Crippen LogP contribution < -0.4 is 4.72 Å². The zero-order valence-electron chi connectivity index (χ0n) is 13.8. The maximum absolute atomic E-state index is 13.4. The minimum atomic E-state index is -3.50. The van der Waals surface area contributed by atoms with Gasteiger partial charge in [0.05, 0.1) is 0 Å². The van der Waals surface area contributed by atoms with Gasteiger partial charge in [-0.2, -0.15) is 0 Å². The van der Waals surface area contributed by atoms with Crippen LogP contribution in [0, 0.1) is 5.82 Å². The predicted molar refractivity (Wildman–Crippen MR) is 98.1 cm³/mol. The summed E-state index contributed by atoms with van der Waals surface area (Å²) >= 11 is 1.31. The number of nitrogens with one attached hydrogen (secondary N) is 2. The summed E-state index contributed by atoms with van der Waals surface area (Å²) in [6, 6.07) is 8.20. The van der Waals surface area contributed by atoms with Gasteiger partial charge in [-0.3, -0.25) is 0 Å². The van der Waals surface area contributed by atoms with Crippen molar-refractivity contribution in [1.82, 2.24) is 9.71 Å². The lowest BCUT2D eigenvalue weighted by molar-refractivity contribution is 0.569. The largest absolute Gasteiger partial charge is 0.361 e. The van der Waals surface area contributed by atoms with Gasteiger partial charge in [-0.1, -0.05) is 6.92 Å². The van der Waals surface area contributed by atoms with Gasteiger partial charge < -0.3 is 4.98 Å². The molecule has 0 amide bonds. The molecule has 0 atom stereocenters. The fraction of sp³-hybridized carbons (Fsp3) is 0.333. The summed E-state index contributed by atoms with van der Waals surface area (Å²) in [7, 11) is -3.50. The molecular formula is C18H19FN2O2S2. The summed E-state index contributed by atoms with van der Waals surface area (Å²) in [5.74, 6) is -0.282. The summed E-state index contributed by atoms with van der Waals surface area (Å²) in [6.07, 6.45) is 4.55. The topological polar surface area (TPSA) is 62.0 Å². The average Bonchev–Trinajstić information content (AvgIpc) is 3.03. The first kappa shape index (κ1) is 16.8. The van der Waals surface area contributed by atoms with Gasteiger partial charge in [0.15, 0.2) is 0 Å². The first-order valence-corrected chi connectivity index (χ1v) is 10.6. The van der Waals surface area contributed by atoms with Gasteiger partial charge in [0, 0.05) is 33.9 Å². The van der Waals surface area contributed by atoms with E-state index < -0.39 is 10.0 Å². The van der Waals surface area contributed by atoms with Gasteiger partial charge in [0.25, 0.3) is 0 Å². The molecule has 1 aromatic carbocycles. The van der Waals surface area contributed by atoms with Gasteiger partial charge in [-0.15, -0.1) is 11.3 Å². The van der Waals surface area contributed by atoms with E-state index in [1.54, 1.807) is 12.1 Å². The van der Waals surface area contributed by atoms with Crippen molar-refractivity contribution in [3.63, 3.8) is 0 Å². The van der Waals surface area contributed by atoms with E-state index in [9.17, 15) is 12.8 Å². The fourth-order valence-corrected chi connectivity index (χ4v) is 5.69. The molecule has 4 rings (SSSR count). The second-order valence-electron chi connectivity index (χ2n) is 6.57. The number of aromatic nitrogens is 1. The zero-order valence-corrected chi connectivity index (χ0v) is 15.4. The second kappa shape index (κ2) is 5.93. The lowest BCUT2D eigenvalue weighted by Gasteiger charge is -2.15. The number of fused-ring (bicyclic) bond motifs is 1. The summed E-state index contributed by atoms with van der Waals surface area (Å²) in [5, 5.41) is 0.961. The van der Waals surface area contributed by atoms with Crippen molar-refractivity contribution in [2.45, 2.75) is 35.8 Å². The van der Waals surface area contributed by atoms with Crippen molar-refractivity contribution < 1.29 is 12.8 Å². The summed E-state index contributed by atoms with van der Waals surface area (Å²) in [4.78, 5) is 4.16. The number of thiophene rings is 1. The molecule has 0 aliphatic heterocycles. The maximum atomic E-state index is 13.4. The molecule has 1 aliphatic rings. The van der Waals surface area contributed by atoms with Crippen molar-refractivity contribution in [2.24, 2.45) is 0 Å². The summed E-state index contributed by atoms with van der Waals surface area (Å²) in [5.41, 5.74) is 1.61. The number of hydrogen-bond donors (Lipinski definition) is 2. The quantitative estimate of drug-likeness (QED) is 0.682. The minimum Gasteiger partial charge on any atom is -0.361 e. The molecule has 0 bridgehead atoms. The fourth-order valence-electron chi connectivity index (χ4n) is 3.23. The third kappa shape index (κ3) is 3.01. The Morgan fingerprint density at radius 2 is 2.08 bits per heavy atom. The highest BCUT2D eigenvalue weighted by molar-refractivity contribution is 7.91. The number of hydrogen-bond acceptors (Lipinski definition) is 3. The Morgan fingerprint density at radius 1 is 1.28 bits per heavy atom. The average molecular weight is 378 g/mol. The Hall–Kier alpha value is -1.70. The molecule has 7 heteroatoms. The van der Waals surface area contributed by atoms with Gasteiger partial charge in [0.2, 0.25) is 10.0 Å². The molecule has 1 saturated carbocycles. The second-order valence-corrected chi connectivity index (χ2v) is 9.73.